The first-order valence-corrected chi connectivity index (χ1v) is 6.83. The van der Waals surface area contributed by atoms with Crippen LogP contribution in [-0.2, 0) is 9.47 Å². The van der Waals surface area contributed by atoms with E-state index in [4.69, 9.17) is 9.47 Å². The van der Waals surface area contributed by atoms with Gasteiger partial charge in [-0.05, 0) is 32.7 Å². The SMILES string of the molecule is COCC1NCCOC12CC1CCC(C2)N1C. The van der Waals surface area contributed by atoms with E-state index in [1.54, 1.807) is 7.11 Å². The van der Waals surface area contributed by atoms with Crippen LogP contribution in [0, 0.1) is 0 Å². The molecule has 2 bridgehead atoms. The van der Waals surface area contributed by atoms with Gasteiger partial charge in [-0.15, -0.1) is 0 Å². The van der Waals surface area contributed by atoms with Crippen molar-refractivity contribution < 1.29 is 9.47 Å². The van der Waals surface area contributed by atoms with E-state index in [2.05, 4.69) is 17.3 Å². The molecule has 3 unspecified atom stereocenters. The van der Waals surface area contributed by atoms with Crippen LogP contribution in [-0.4, -0.2) is 62.5 Å². The van der Waals surface area contributed by atoms with Crippen molar-refractivity contribution in [2.75, 3.05) is 33.9 Å². The fraction of sp³-hybridized carbons (Fsp3) is 1.00. The van der Waals surface area contributed by atoms with Gasteiger partial charge in [0.05, 0.1) is 24.9 Å². The Hall–Kier alpha value is -0.160. The minimum absolute atomic E-state index is 0.0343. The maximum absolute atomic E-state index is 6.23. The van der Waals surface area contributed by atoms with Gasteiger partial charge in [0.15, 0.2) is 0 Å². The number of morpholine rings is 1. The number of methoxy groups -OCH3 is 1. The molecule has 0 aromatic rings. The maximum Gasteiger partial charge on any atom is 0.0887 e. The quantitative estimate of drug-likeness (QED) is 0.767. The first-order chi connectivity index (χ1) is 8.25. The van der Waals surface area contributed by atoms with Crippen molar-refractivity contribution in [3.63, 3.8) is 0 Å². The van der Waals surface area contributed by atoms with Crippen LogP contribution in [0.2, 0.25) is 0 Å². The summed E-state index contributed by atoms with van der Waals surface area (Å²) in [5.41, 5.74) is 0.0343. The number of nitrogens with zero attached hydrogens (tertiary/aromatic N) is 1. The van der Waals surface area contributed by atoms with E-state index in [9.17, 15) is 0 Å². The van der Waals surface area contributed by atoms with Crippen LogP contribution < -0.4 is 5.32 Å². The predicted molar refractivity (Wildman–Crippen MR) is 66.2 cm³/mol. The molecule has 3 saturated heterocycles. The molecule has 0 aliphatic carbocycles. The van der Waals surface area contributed by atoms with E-state index >= 15 is 0 Å². The van der Waals surface area contributed by atoms with Crippen molar-refractivity contribution in [3.8, 4) is 0 Å². The summed E-state index contributed by atoms with van der Waals surface area (Å²) in [7, 11) is 4.06. The molecule has 17 heavy (non-hydrogen) atoms. The molecule has 1 spiro atoms. The van der Waals surface area contributed by atoms with E-state index < -0.39 is 0 Å². The second-order valence-electron chi connectivity index (χ2n) is 5.83. The summed E-state index contributed by atoms with van der Waals surface area (Å²) in [6.45, 7) is 2.58. The van der Waals surface area contributed by atoms with Crippen LogP contribution in [0.5, 0.6) is 0 Å². The van der Waals surface area contributed by atoms with E-state index in [1.165, 1.54) is 25.7 Å². The molecule has 3 atom stereocenters. The second kappa shape index (κ2) is 4.50. The third-order valence-electron chi connectivity index (χ3n) is 5.00. The number of hydrogen-bond donors (Lipinski definition) is 1. The topological polar surface area (TPSA) is 33.7 Å². The van der Waals surface area contributed by atoms with Crippen molar-refractivity contribution in [3.05, 3.63) is 0 Å². The maximum atomic E-state index is 6.23. The summed E-state index contributed by atoms with van der Waals surface area (Å²) >= 11 is 0. The number of hydrogen-bond acceptors (Lipinski definition) is 4. The molecule has 3 aliphatic heterocycles. The number of ether oxygens (including phenoxy) is 2. The molecule has 98 valence electrons. The highest BCUT2D eigenvalue weighted by molar-refractivity contribution is 5.08. The lowest BCUT2D eigenvalue weighted by atomic mass is 9.79. The first-order valence-electron chi connectivity index (χ1n) is 6.83. The Morgan fingerprint density at radius 1 is 1.35 bits per heavy atom. The number of rotatable bonds is 2. The lowest BCUT2D eigenvalue weighted by Gasteiger charge is -2.51. The van der Waals surface area contributed by atoms with Gasteiger partial charge in [0.2, 0.25) is 0 Å². The third kappa shape index (κ3) is 1.91. The van der Waals surface area contributed by atoms with Crippen molar-refractivity contribution in [2.24, 2.45) is 0 Å². The molecule has 3 rings (SSSR count). The highest BCUT2D eigenvalue weighted by Crippen LogP contribution is 2.44. The normalized spacial score (nSPS) is 46.6. The molecular formula is C13H24N2O2. The summed E-state index contributed by atoms with van der Waals surface area (Å²) in [6.07, 6.45) is 5.01. The third-order valence-corrected chi connectivity index (χ3v) is 5.00. The van der Waals surface area contributed by atoms with Crippen molar-refractivity contribution >= 4 is 0 Å². The fourth-order valence-electron chi connectivity index (χ4n) is 4.02. The fourth-order valence-corrected chi connectivity index (χ4v) is 4.02. The molecule has 3 aliphatic rings. The van der Waals surface area contributed by atoms with Crippen LogP contribution in [0.4, 0.5) is 0 Å². The van der Waals surface area contributed by atoms with Crippen LogP contribution in [0.3, 0.4) is 0 Å². The smallest absolute Gasteiger partial charge is 0.0887 e. The van der Waals surface area contributed by atoms with Gasteiger partial charge in [-0.3, -0.25) is 0 Å². The largest absolute Gasteiger partial charge is 0.383 e. The molecule has 0 aromatic carbocycles. The van der Waals surface area contributed by atoms with Gasteiger partial charge in [0.25, 0.3) is 0 Å². The summed E-state index contributed by atoms with van der Waals surface area (Å²) in [5.74, 6) is 0. The van der Waals surface area contributed by atoms with Crippen molar-refractivity contribution in [1.29, 1.82) is 0 Å². The molecule has 4 nitrogen and oxygen atoms in total. The molecule has 0 amide bonds. The van der Waals surface area contributed by atoms with Crippen LogP contribution in [0.25, 0.3) is 0 Å². The van der Waals surface area contributed by atoms with Crippen molar-refractivity contribution in [1.82, 2.24) is 10.2 Å². The Labute approximate surface area is 104 Å². The van der Waals surface area contributed by atoms with Gasteiger partial charge in [-0.1, -0.05) is 0 Å². The number of piperidine rings is 1. The molecule has 3 heterocycles. The molecule has 0 radical (unpaired) electrons. The predicted octanol–water partition coefficient (Wildman–Crippen LogP) is 0.617. The standard InChI is InChI=1S/C13H24N2O2/c1-15-10-3-4-11(15)8-13(7-10)12(9-16-2)14-5-6-17-13/h10-12,14H,3-9H2,1-2H3. The molecule has 4 heteroatoms. The summed E-state index contributed by atoms with van der Waals surface area (Å²) in [6, 6.07) is 1.80. The van der Waals surface area contributed by atoms with E-state index in [0.29, 0.717) is 18.1 Å². The van der Waals surface area contributed by atoms with Crippen LogP contribution >= 0.6 is 0 Å². The lowest BCUT2D eigenvalue weighted by molar-refractivity contribution is -0.150. The Kier molecular flexibility index (Phi) is 3.15. The second-order valence-corrected chi connectivity index (χ2v) is 5.83. The number of nitrogens with one attached hydrogen (secondary N) is 1. The van der Waals surface area contributed by atoms with Crippen molar-refractivity contribution in [2.45, 2.75) is 49.4 Å². The first kappa shape index (κ1) is 11.9. The lowest BCUT2D eigenvalue weighted by Crippen LogP contribution is -2.65. The monoisotopic (exact) mass is 240 g/mol. The zero-order valence-electron chi connectivity index (χ0n) is 10.9. The van der Waals surface area contributed by atoms with E-state index in [0.717, 1.165) is 19.8 Å². The highest BCUT2D eigenvalue weighted by Gasteiger charge is 2.52. The molecular weight excluding hydrogens is 216 g/mol. The van der Waals surface area contributed by atoms with Gasteiger partial charge >= 0.3 is 0 Å². The minimum atomic E-state index is 0.0343. The average molecular weight is 240 g/mol. The summed E-state index contributed by atoms with van der Waals surface area (Å²) in [4.78, 5) is 2.56. The average Bonchev–Trinajstić information content (AvgIpc) is 2.57. The van der Waals surface area contributed by atoms with E-state index in [1.807, 2.05) is 0 Å². The molecule has 0 saturated carbocycles. The Morgan fingerprint density at radius 3 is 2.71 bits per heavy atom. The van der Waals surface area contributed by atoms with Gasteiger partial charge in [-0.2, -0.15) is 0 Å². The highest BCUT2D eigenvalue weighted by atomic mass is 16.5. The zero-order valence-corrected chi connectivity index (χ0v) is 10.9. The summed E-state index contributed by atoms with van der Waals surface area (Å²) in [5, 5.41) is 3.60. The molecule has 3 fully saturated rings. The van der Waals surface area contributed by atoms with Gasteiger partial charge in [0.1, 0.15) is 0 Å². The van der Waals surface area contributed by atoms with Gasteiger partial charge in [-0.25, -0.2) is 0 Å². The van der Waals surface area contributed by atoms with Gasteiger partial charge < -0.3 is 19.7 Å². The zero-order chi connectivity index (χ0) is 11.9. The van der Waals surface area contributed by atoms with Crippen LogP contribution in [0.1, 0.15) is 25.7 Å². The number of fused-ring (bicyclic) bond motifs is 2. The summed E-state index contributed by atoms with van der Waals surface area (Å²) < 4.78 is 11.6. The molecule has 0 aromatic heterocycles. The Bertz CT molecular complexity index is 269. The molecule has 1 N–H and O–H groups in total. The van der Waals surface area contributed by atoms with E-state index in [-0.39, 0.29) is 5.60 Å². The Balaban J connectivity index is 1.79. The minimum Gasteiger partial charge on any atom is -0.383 e. The van der Waals surface area contributed by atoms with Crippen LogP contribution in [0.15, 0.2) is 0 Å². The Morgan fingerprint density at radius 2 is 2.06 bits per heavy atom. The van der Waals surface area contributed by atoms with Gasteiger partial charge in [0, 0.05) is 25.7 Å².